The fourth-order valence-corrected chi connectivity index (χ4v) is 2.08. The van der Waals surface area contributed by atoms with Gasteiger partial charge in [0.2, 0.25) is 5.88 Å². The van der Waals surface area contributed by atoms with Gasteiger partial charge in [-0.3, -0.25) is 0 Å². The SMILES string of the molecule is Cc1cc(CCl)cnc1Oc1cccc(C(C)(C)C)c1. The van der Waals surface area contributed by atoms with Crippen molar-refractivity contribution < 1.29 is 4.74 Å². The van der Waals surface area contributed by atoms with E-state index in [1.807, 2.05) is 25.1 Å². The van der Waals surface area contributed by atoms with E-state index in [1.165, 1.54) is 5.56 Å². The van der Waals surface area contributed by atoms with Crippen molar-refractivity contribution in [1.29, 1.82) is 0 Å². The Balaban J connectivity index is 2.26. The summed E-state index contributed by atoms with van der Waals surface area (Å²) in [7, 11) is 0. The van der Waals surface area contributed by atoms with Gasteiger partial charge in [-0.05, 0) is 41.7 Å². The highest BCUT2D eigenvalue weighted by molar-refractivity contribution is 6.17. The maximum atomic E-state index is 5.89. The molecule has 3 heteroatoms. The van der Waals surface area contributed by atoms with Gasteiger partial charge in [-0.25, -0.2) is 4.98 Å². The van der Waals surface area contributed by atoms with Crippen molar-refractivity contribution in [3.63, 3.8) is 0 Å². The van der Waals surface area contributed by atoms with E-state index in [-0.39, 0.29) is 5.41 Å². The van der Waals surface area contributed by atoms with Gasteiger partial charge in [-0.1, -0.05) is 32.9 Å². The Morgan fingerprint density at radius 1 is 1.20 bits per heavy atom. The lowest BCUT2D eigenvalue weighted by molar-refractivity contribution is 0.455. The number of rotatable bonds is 3. The third-order valence-electron chi connectivity index (χ3n) is 3.16. The molecule has 0 N–H and O–H groups in total. The van der Waals surface area contributed by atoms with Gasteiger partial charge in [-0.2, -0.15) is 0 Å². The standard InChI is InChI=1S/C17H20ClNO/c1-12-8-13(10-18)11-19-16(12)20-15-7-5-6-14(9-15)17(2,3)4/h5-9,11H,10H2,1-4H3. The molecular formula is C17H20ClNO. The van der Waals surface area contributed by atoms with Crippen molar-refractivity contribution >= 4 is 11.6 Å². The minimum Gasteiger partial charge on any atom is -0.439 e. The second-order valence-electron chi connectivity index (χ2n) is 5.98. The Morgan fingerprint density at radius 3 is 2.55 bits per heavy atom. The first kappa shape index (κ1) is 14.9. The molecule has 0 saturated carbocycles. The van der Waals surface area contributed by atoms with Gasteiger partial charge < -0.3 is 4.74 Å². The maximum Gasteiger partial charge on any atom is 0.222 e. The second-order valence-corrected chi connectivity index (χ2v) is 6.25. The van der Waals surface area contributed by atoms with Crippen LogP contribution in [0.2, 0.25) is 0 Å². The number of halogens is 1. The van der Waals surface area contributed by atoms with Crippen LogP contribution in [-0.4, -0.2) is 4.98 Å². The molecule has 20 heavy (non-hydrogen) atoms. The number of alkyl halides is 1. The summed E-state index contributed by atoms with van der Waals surface area (Å²) in [5.41, 5.74) is 3.33. The Bertz CT molecular complexity index is 602. The van der Waals surface area contributed by atoms with E-state index >= 15 is 0 Å². The van der Waals surface area contributed by atoms with Gasteiger partial charge in [0.05, 0.1) is 0 Å². The van der Waals surface area contributed by atoms with Crippen LogP contribution >= 0.6 is 11.6 Å². The van der Waals surface area contributed by atoms with Gasteiger partial charge in [0.1, 0.15) is 5.75 Å². The van der Waals surface area contributed by atoms with E-state index in [9.17, 15) is 0 Å². The van der Waals surface area contributed by atoms with Gasteiger partial charge in [0.15, 0.2) is 0 Å². The van der Waals surface area contributed by atoms with Crippen molar-refractivity contribution in [2.45, 2.75) is 39.0 Å². The van der Waals surface area contributed by atoms with Crippen LogP contribution in [0.5, 0.6) is 11.6 Å². The molecule has 0 aliphatic heterocycles. The Kier molecular flexibility index (Phi) is 4.34. The largest absolute Gasteiger partial charge is 0.439 e. The number of pyridine rings is 1. The zero-order valence-corrected chi connectivity index (χ0v) is 13.2. The Hall–Kier alpha value is -1.54. The molecule has 0 spiro atoms. The lowest BCUT2D eigenvalue weighted by Gasteiger charge is -2.19. The maximum absolute atomic E-state index is 5.89. The predicted molar refractivity (Wildman–Crippen MR) is 83.7 cm³/mol. The first-order valence-electron chi connectivity index (χ1n) is 6.70. The first-order chi connectivity index (χ1) is 9.40. The minimum absolute atomic E-state index is 0.102. The summed E-state index contributed by atoms with van der Waals surface area (Å²) < 4.78 is 5.89. The van der Waals surface area contributed by atoms with Crippen LogP contribution in [0.1, 0.15) is 37.5 Å². The van der Waals surface area contributed by atoms with E-state index < -0.39 is 0 Å². The highest BCUT2D eigenvalue weighted by atomic mass is 35.5. The van der Waals surface area contributed by atoms with Crippen LogP contribution in [0.25, 0.3) is 0 Å². The molecule has 2 aromatic rings. The smallest absolute Gasteiger partial charge is 0.222 e. The van der Waals surface area contributed by atoms with Gasteiger partial charge in [-0.15, -0.1) is 11.6 Å². The monoisotopic (exact) mass is 289 g/mol. The molecule has 0 amide bonds. The molecule has 0 aliphatic rings. The summed E-state index contributed by atoms with van der Waals surface area (Å²) in [4.78, 5) is 4.33. The fourth-order valence-electron chi connectivity index (χ4n) is 1.94. The van der Waals surface area contributed by atoms with E-state index in [1.54, 1.807) is 6.20 Å². The van der Waals surface area contributed by atoms with Crippen molar-refractivity contribution in [2.75, 3.05) is 0 Å². The average molecular weight is 290 g/mol. The fraction of sp³-hybridized carbons (Fsp3) is 0.353. The Labute approximate surface area is 125 Å². The molecule has 1 aromatic carbocycles. The predicted octanol–water partition coefficient (Wildman–Crippen LogP) is 5.22. The third kappa shape index (κ3) is 3.51. The molecule has 0 atom stereocenters. The lowest BCUT2D eigenvalue weighted by Crippen LogP contribution is -2.10. The minimum atomic E-state index is 0.102. The van der Waals surface area contributed by atoms with E-state index in [0.29, 0.717) is 11.8 Å². The number of hydrogen-bond donors (Lipinski definition) is 0. The molecular weight excluding hydrogens is 270 g/mol. The summed E-state index contributed by atoms with van der Waals surface area (Å²) in [6.07, 6.45) is 1.75. The highest BCUT2D eigenvalue weighted by Gasteiger charge is 2.14. The van der Waals surface area contributed by atoms with Gasteiger partial charge in [0.25, 0.3) is 0 Å². The van der Waals surface area contributed by atoms with Crippen LogP contribution < -0.4 is 4.74 Å². The van der Waals surface area contributed by atoms with Gasteiger partial charge >= 0.3 is 0 Å². The number of benzene rings is 1. The molecule has 0 saturated heterocycles. The number of ether oxygens (including phenoxy) is 1. The second kappa shape index (κ2) is 5.84. The molecule has 2 rings (SSSR count). The molecule has 0 bridgehead atoms. The van der Waals surface area contributed by atoms with E-state index in [4.69, 9.17) is 16.3 Å². The average Bonchev–Trinajstić information content (AvgIpc) is 2.40. The van der Waals surface area contributed by atoms with E-state index in [2.05, 4.69) is 37.9 Å². The lowest BCUT2D eigenvalue weighted by atomic mass is 9.87. The third-order valence-corrected chi connectivity index (χ3v) is 3.46. The van der Waals surface area contributed by atoms with Gasteiger partial charge in [0, 0.05) is 17.6 Å². The van der Waals surface area contributed by atoms with Crippen molar-refractivity contribution in [1.82, 2.24) is 4.98 Å². The van der Waals surface area contributed by atoms with Crippen LogP contribution in [0, 0.1) is 6.92 Å². The molecule has 106 valence electrons. The summed E-state index contributed by atoms with van der Waals surface area (Å²) >= 11 is 5.80. The normalized spacial score (nSPS) is 11.4. The molecule has 0 fully saturated rings. The first-order valence-corrected chi connectivity index (χ1v) is 7.23. The van der Waals surface area contributed by atoms with E-state index in [0.717, 1.165) is 16.9 Å². The topological polar surface area (TPSA) is 22.1 Å². The molecule has 0 unspecified atom stereocenters. The molecule has 2 nitrogen and oxygen atoms in total. The number of nitrogens with zero attached hydrogens (tertiary/aromatic N) is 1. The molecule has 0 radical (unpaired) electrons. The molecule has 0 aliphatic carbocycles. The number of aromatic nitrogens is 1. The van der Waals surface area contributed by atoms with Crippen LogP contribution in [0.15, 0.2) is 36.5 Å². The quantitative estimate of drug-likeness (QED) is 0.723. The summed E-state index contributed by atoms with van der Waals surface area (Å²) in [5.74, 6) is 1.91. The zero-order valence-electron chi connectivity index (χ0n) is 12.4. The van der Waals surface area contributed by atoms with Crippen molar-refractivity contribution in [2.24, 2.45) is 0 Å². The summed E-state index contributed by atoms with van der Waals surface area (Å²) in [6, 6.07) is 10.1. The summed E-state index contributed by atoms with van der Waals surface area (Å²) in [5, 5.41) is 0. The van der Waals surface area contributed by atoms with Crippen molar-refractivity contribution in [3.8, 4) is 11.6 Å². The van der Waals surface area contributed by atoms with Crippen LogP contribution in [0.4, 0.5) is 0 Å². The number of hydrogen-bond acceptors (Lipinski definition) is 2. The van der Waals surface area contributed by atoms with Crippen LogP contribution in [-0.2, 0) is 11.3 Å². The number of aryl methyl sites for hydroxylation is 1. The van der Waals surface area contributed by atoms with Crippen molar-refractivity contribution in [3.05, 3.63) is 53.2 Å². The molecule has 1 aromatic heterocycles. The molecule has 1 heterocycles. The zero-order chi connectivity index (χ0) is 14.8. The summed E-state index contributed by atoms with van der Waals surface area (Å²) in [6.45, 7) is 8.53. The highest BCUT2D eigenvalue weighted by Crippen LogP contribution is 2.29. The Morgan fingerprint density at radius 2 is 1.95 bits per heavy atom. The van der Waals surface area contributed by atoms with Crippen LogP contribution in [0.3, 0.4) is 0 Å².